The van der Waals surface area contributed by atoms with E-state index in [1.807, 2.05) is 19.9 Å². The lowest BCUT2D eigenvalue weighted by Crippen LogP contribution is -2.10. The number of halogens is 1. The monoisotopic (exact) mass is 432 g/mol. The summed E-state index contributed by atoms with van der Waals surface area (Å²) in [5, 5.41) is 11.6. The molecule has 3 heterocycles. The summed E-state index contributed by atoms with van der Waals surface area (Å²) in [5.41, 5.74) is 8.80. The third-order valence-electron chi connectivity index (χ3n) is 4.54. The number of hydrogen-bond donors (Lipinski definition) is 2. The number of nitrogen functional groups attached to an aromatic ring is 1. The fourth-order valence-electron chi connectivity index (χ4n) is 3.01. The van der Waals surface area contributed by atoms with Gasteiger partial charge in [-0.3, -0.25) is 4.68 Å². The number of aliphatic imine (C=N–C) groups is 1. The molecule has 3 aromatic heterocycles. The molecule has 0 fully saturated rings. The minimum absolute atomic E-state index is 0.199. The van der Waals surface area contributed by atoms with Gasteiger partial charge in [-0.2, -0.15) is 5.10 Å². The Labute approximate surface area is 183 Å². The summed E-state index contributed by atoms with van der Waals surface area (Å²) in [6, 6.07) is 9.99. The molecule has 4 rings (SSSR count). The van der Waals surface area contributed by atoms with E-state index in [-0.39, 0.29) is 18.2 Å². The van der Waals surface area contributed by atoms with E-state index in [9.17, 15) is 4.39 Å². The normalized spacial score (nSPS) is 11.9. The number of nitrogens with one attached hydrogen (secondary N) is 1. The molecule has 4 aromatic rings. The zero-order valence-corrected chi connectivity index (χ0v) is 17.5. The Hall–Kier alpha value is -4.34. The Morgan fingerprint density at radius 1 is 1.28 bits per heavy atom. The minimum Gasteiger partial charge on any atom is -0.382 e. The Balaban J connectivity index is 1.68. The van der Waals surface area contributed by atoms with Gasteiger partial charge in [-0.1, -0.05) is 29.4 Å². The van der Waals surface area contributed by atoms with Crippen molar-refractivity contribution in [1.82, 2.24) is 24.9 Å². The van der Waals surface area contributed by atoms with Crippen LogP contribution in [-0.4, -0.2) is 30.7 Å². The lowest BCUT2D eigenvalue weighted by atomic mass is 10.2. The molecular formula is C22H21FN8O. The van der Waals surface area contributed by atoms with Gasteiger partial charge in [0.25, 0.3) is 0 Å². The van der Waals surface area contributed by atoms with E-state index in [0.29, 0.717) is 40.0 Å². The summed E-state index contributed by atoms with van der Waals surface area (Å²) in [6.07, 6.45) is 6.51. The molecule has 0 saturated heterocycles. The largest absolute Gasteiger partial charge is 0.382 e. The topological polar surface area (TPSA) is 120 Å². The Morgan fingerprint density at radius 2 is 2.12 bits per heavy atom. The van der Waals surface area contributed by atoms with E-state index >= 15 is 0 Å². The van der Waals surface area contributed by atoms with E-state index in [1.54, 1.807) is 47.4 Å². The highest BCUT2D eigenvalue weighted by Gasteiger charge is 2.17. The predicted molar refractivity (Wildman–Crippen MR) is 120 cm³/mol. The molecule has 0 radical (unpaired) electrons. The number of hydrogen-bond acceptors (Lipinski definition) is 7. The van der Waals surface area contributed by atoms with E-state index in [1.165, 1.54) is 12.3 Å². The van der Waals surface area contributed by atoms with Crippen LogP contribution in [0, 0.1) is 5.82 Å². The average molecular weight is 432 g/mol. The van der Waals surface area contributed by atoms with Gasteiger partial charge in [-0.25, -0.2) is 19.4 Å². The molecule has 10 heteroatoms. The van der Waals surface area contributed by atoms with Crippen LogP contribution in [0.15, 0.2) is 70.6 Å². The molecule has 32 heavy (non-hydrogen) atoms. The molecule has 0 aliphatic carbocycles. The first kappa shape index (κ1) is 20.9. The second-order valence-electron chi connectivity index (χ2n) is 6.86. The van der Waals surface area contributed by atoms with E-state index < -0.39 is 0 Å². The summed E-state index contributed by atoms with van der Waals surface area (Å²) < 4.78 is 20.8. The van der Waals surface area contributed by atoms with Crippen molar-refractivity contribution in [2.45, 2.75) is 20.4 Å². The van der Waals surface area contributed by atoms with Gasteiger partial charge in [0.1, 0.15) is 35.0 Å². The van der Waals surface area contributed by atoms with Crippen molar-refractivity contribution in [1.29, 1.82) is 0 Å². The lowest BCUT2D eigenvalue weighted by Gasteiger charge is -2.08. The summed E-state index contributed by atoms with van der Waals surface area (Å²) in [4.78, 5) is 13.0. The second-order valence-corrected chi connectivity index (χ2v) is 6.86. The molecule has 0 bridgehead atoms. The molecule has 9 nitrogen and oxygen atoms in total. The fraction of sp³-hybridized carbons (Fsp3) is 0.136. The quantitative estimate of drug-likeness (QED) is 0.347. The summed E-state index contributed by atoms with van der Waals surface area (Å²) in [6.45, 7) is 3.88. The Kier molecular flexibility index (Phi) is 6.02. The van der Waals surface area contributed by atoms with Gasteiger partial charge in [0.05, 0.1) is 18.4 Å². The fourth-order valence-corrected chi connectivity index (χ4v) is 3.01. The van der Waals surface area contributed by atoms with Gasteiger partial charge in [0.2, 0.25) is 0 Å². The third kappa shape index (κ3) is 4.53. The molecular weight excluding hydrogens is 411 g/mol. The van der Waals surface area contributed by atoms with Crippen LogP contribution in [0.2, 0.25) is 0 Å². The van der Waals surface area contributed by atoms with Gasteiger partial charge in [-0.15, -0.1) is 0 Å². The van der Waals surface area contributed by atoms with Crippen molar-refractivity contribution in [3.05, 3.63) is 72.5 Å². The summed E-state index contributed by atoms with van der Waals surface area (Å²) in [5.74, 6) is 0.903. The van der Waals surface area contributed by atoms with Crippen LogP contribution in [-0.2, 0) is 6.54 Å². The standard InChI is InChI=1S/C22H21FN8O/c1-3-9-25-14(2)27-19-12-26-22(28-21(19)24)18-11-20(17-8-10-32-30-17)31(29-18)13-15-6-4-5-7-16(15)23/h3-12H,13H2,1-2H3,(H,25,27)(H2,24,26,28)/b9-3-. The van der Waals surface area contributed by atoms with Gasteiger partial charge in [0.15, 0.2) is 11.6 Å². The zero-order chi connectivity index (χ0) is 22.5. The van der Waals surface area contributed by atoms with E-state index in [0.717, 1.165) is 0 Å². The Bertz CT molecular complexity index is 1280. The van der Waals surface area contributed by atoms with Gasteiger partial charge in [-0.05, 0) is 26.0 Å². The highest BCUT2D eigenvalue weighted by molar-refractivity contribution is 5.95. The van der Waals surface area contributed by atoms with Crippen LogP contribution in [0.5, 0.6) is 0 Å². The number of nitrogens with two attached hydrogens (primary N) is 1. The third-order valence-corrected chi connectivity index (χ3v) is 4.54. The maximum Gasteiger partial charge on any atom is 0.182 e. The summed E-state index contributed by atoms with van der Waals surface area (Å²) in [7, 11) is 0. The number of amidine groups is 1. The number of allylic oxidation sites excluding steroid dienone is 1. The van der Waals surface area contributed by atoms with Crippen molar-refractivity contribution >= 4 is 17.3 Å². The first-order valence-corrected chi connectivity index (χ1v) is 9.82. The first-order chi connectivity index (χ1) is 15.5. The molecule has 0 aliphatic heterocycles. The number of anilines is 2. The molecule has 1 aromatic carbocycles. The van der Waals surface area contributed by atoms with Crippen LogP contribution >= 0.6 is 0 Å². The average Bonchev–Trinajstić information content (AvgIpc) is 3.45. The maximum absolute atomic E-state index is 14.2. The van der Waals surface area contributed by atoms with Crippen LogP contribution in [0.1, 0.15) is 19.4 Å². The predicted octanol–water partition coefficient (Wildman–Crippen LogP) is 4.13. The molecule has 0 aliphatic rings. The van der Waals surface area contributed by atoms with Crippen LogP contribution in [0.4, 0.5) is 15.9 Å². The van der Waals surface area contributed by atoms with Gasteiger partial charge in [0, 0.05) is 17.8 Å². The zero-order valence-electron chi connectivity index (χ0n) is 17.5. The van der Waals surface area contributed by atoms with Crippen molar-refractivity contribution < 1.29 is 8.91 Å². The minimum atomic E-state index is -0.318. The number of nitrogens with zero attached hydrogens (tertiary/aromatic N) is 6. The number of benzene rings is 1. The van der Waals surface area contributed by atoms with Gasteiger partial charge < -0.3 is 15.6 Å². The highest BCUT2D eigenvalue weighted by atomic mass is 19.1. The molecule has 0 atom stereocenters. The maximum atomic E-state index is 14.2. The van der Waals surface area contributed by atoms with Crippen molar-refractivity contribution in [3.63, 3.8) is 0 Å². The molecule has 0 saturated carbocycles. The molecule has 162 valence electrons. The Morgan fingerprint density at radius 3 is 2.84 bits per heavy atom. The molecule has 0 unspecified atom stereocenters. The number of aromatic nitrogens is 5. The summed E-state index contributed by atoms with van der Waals surface area (Å²) >= 11 is 0. The van der Waals surface area contributed by atoms with Crippen molar-refractivity contribution in [3.8, 4) is 22.9 Å². The lowest BCUT2D eigenvalue weighted by molar-refractivity contribution is 0.421. The van der Waals surface area contributed by atoms with Gasteiger partial charge >= 0.3 is 0 Å². The van der Waals surface area contributed by atoms with E-state index in [2.05, 4.69) is 30.5 Å². The SMILES string of the molecule is C/C=C\N=C(/C)Nc1cnc(-c2cc(-c3ccon3)n(Cc3ccccc3F)n2)nc1N. The van der Waals surface area contributed by atoms with Crippen molar-refractivity contribution in [2.24, 2.45) is 4.99 Å². The smallest absolute Gasteiger partial charge is 0.182 e. The second kappa shape index (κ2) is 9.21. The molecule has 0 amide bonds. The molecule has 0 spiro atoms. The van der Waals surface area contributed by atoms with E-state index in [4.69, 9.17) is 10.3 Å². The molecule has 3 N–H and O–H groups in total. The van der Waals surface area contributed by atoms with Crippen LogP contribution in [0.3, 0.4) is 0 Å². The van der Waals surface area contributed by atoms with Crippen LogP contribution in [0.25, 0.3) is 22.9 Å². The first-order valence-electron chi connectivity index (χ1n) is 9.82. The number of rotatable bonds is 6. The van der Waals surface area contributed by atoms with Crippen molar-refractivity contribution in [2.75, 3.05) is 11.1 Å². The highest BCUT2D eigenvalue weighted by Crippen LogP contribution is 2.26. The van der Waals surface area contributed by atoms with Crippen LogP contribution < -0.4 is 11.1 Å².